The second-order valence-corrected chi connectivity index (χ2v) is 8.29. The molecule has 164 valence electrons. The van der Waals surface area contributed by atoms with E-state index in [4.69, 9.17) is 9.72 Å². The lowest BCUT2D eigenvalue weighted by molar-refractivity contribution is -0.00901. The van der Waals surface area contributed by atoms with Crippen LogP contribution in [-0.2, 0) is 11.2 Å². The predicted molar refractivity (Wildman–Crippen MR) is 116 cm³/mol. The van der Waals surface area contributed by atoms with Gasteiger partial charge in [0.25, 0.3) is 0 Å². The first-order chi connectivity index (χ1) is 14.3. The molecule has 1 aromatic carbocycles. The van der Waals surface area contributed by atoms with E-state index in [1.165, 1.54) is 6.07 Å². The molecular formula is C23H33FN4O2. The zero-order valence-electron chi connectivity index (χ0n) is 18.4. The minimum absolute atomic E-state index is 0.122. The summed E-state index contributed by atoms with van der Waals surface area (Å²) in [4.78, 5) is 13.8. The van der Waals surface area contributed by atoms with Crippen molar-refractivity contribution in [2.24, 2.45) is 0 Å². The number of aliphatic hydroxyl groups excluding tert-OH is 1. The molecule has 0 saturated carbocycles. The van der Waals surface area contributed by atoms with E-state index in [0.29, 0.717) is 19.6 Å². The van der Waals surface area contributed by atoms with Gasteiger partial charge in [-0.2, -0.15) is 0 Å². The van der Waals surface area contributed by atoms with E-state index < -0.39 is 6.10 Å². The van der Waals surface area contributed by atoms with Crippen LogP contribution in [-0.4, -0.2) is 71.5 Å². The van der Waals surface area contributed by atoms with Crippen LogP contribution < -0.4 is 4.90 Å². The summed E-state index contributed by atoms with van der Waals surface area (Å²) in [5.74, 6) is 1.45. The van der Waals surface area contributed by atoms with Gasteiger partial charge in [-0.1, -0.05) is 12.1 Å². The predicted octanol–water partition coefficient (Wildman–Crippen LogP) is 2.73. The number of hydrogen-bond donors (Lipinski definition) is 1. The number of halogens is 1. The molecule has 1 N–H and O–H groups in total. The van der Waals surface area contributed by atoms with Crippen LogP contribution in [0.3, 0.4) is 0 Å². The van der Waals surface area contributed by atoms with Gasteiger partial charge in [0, 0.05) is 50.4 Å². The molecule has 30 heavy (non-hydrogen) atoms. The molecule has 0 bridgehead atoms. The smallest absolute Gasteiger partial charge is 0.136 e. The summed E-state index contributed by atoms with van der Waals surface area (Å²) < 4.78 is 19.2. The van der Waals surface area contributed by atoms with Gasteiger partial charge in [0.15, 0.2) is 0 Å². The number of piperazine rings is 1. The number of aliphatic hydroxyl groups is 1. The Morgan fingerprint density at radius 2 is 1.87 bits per heavy atom. The van der Waals surface area contributed by atoms with Gasteiger partial charge >= 0.3 is 0 Å². The average Bonchev–Trinajstić information content (AvgIpc) is 2.69. The lowest BCUT2D eigenvalue weighted by Gasteiger charge is -2.37. The van der Waals surface area contributed by atoms with Crippen molar-refractivity contribution in [2.45, 2.75) is 46.3 Å². The molecule has 0 radical (unpaired) electrons. The third-order valence-corrected chi connectivity index (χ3v) is 5.34. The molecule has 7 heteroatoms. The van der Waals surface area contributed by atoms with Gasteiger partial charge in [0.1, 0.15) is 17.5 Å². The van der Waals surface area contributed by atoms with Gasteiger partial charge < -0.3 is 14.7 Å². The third-order valence-electron chi connectivity index (χ3n) is 5.34. The molecule has 0 spiro atoms. The summed E-state index contributed by atoms with van der Waals surface area (Å²) in [7, 11) is 0. The number of rotatable bonds is 8. The summed E-state index contributed by atoms with van der Waals surface area (Å²) in [6.45, 7) is 12.2. The van der Waals surface area contributed by atoms with E-state index in [2.05, 4.69) is 14.8 Å². The summed E-state index contributed by atoms with van der Waals surface area (Å²) in [6.07, 6.45) is 0.244. The monoisotopic (exact) mass is 416 g/mol. The molecule has 1 atom stereocenters. The summed E-state index contributed by atoms with van der Waals surface area (Å²) >= 11 is 0. The molecule has 1 aliphatic rings. The maximum absolute atomic E-state index is 13.7. The largest absolute Gasteiger partial charge is 0.389 e. The van der Waals surface area contributed by atoms with Crippen LogP contribution in [0.4, 0.5) is 10.2 Å². The molecule has 1 saturated heterocycles. The van der Waals surface area contributed by atoms with E-state index >= 15 is 0 Å². The number of aryl methyl sites for hydroxylation is 2. The number of benzene rings is 1. The lowest BCUT2D eigenvalue weighted by atomic mass is 10.0. The molecular weight excluding hydrogens is 383 g/mol. The highest BCUT2D eigenvalue weighted by atomic mass is 19.1. The number of ether oxygens (including phenoxy) is 1. The second kappa shape index (κ2) is 10.3. The van der Waals surface area contributed by atoms with Crippen molar-refractivity contribution in [2.75, 3.05) is 44.2 Å². The van der Waals surface area contributed by atoms with Gasteiger partial charge in [-0.3, -0.25) is 4.90 Å². The van der Waals surface area contributed by atoms with E-state index in [1.807, 2.05) is 33.8 Å². The molecule has 3 rings (SSSR count). The van der Waals surface area contributed by atoms with Crippen molar-refractivity contribution in [1.82, 2.24) is 14.9 Å². The fourth-order valence-electron chi connectivity index (χ4n) is 3.83. The van der Waals surface area contributed by atoms with E-state index in [-0.39, 0.29) is 11.9 Å². The molecule has 1 unspecified atom stereocenters. The average molecular weight is 417 g/mol. The summed E-state index contributed by atoms with van der Waals surface area (Å²) in [5, 5.41) is 10.2. The van der Waals surface area contributed by atoms with Crippen LogP contribution in [0.1, 0.15) is 36.5 Å². The van der Waals surface area contributed by atoms with Crippen LogP contribution in [0.15, 0.2) is 24.3 Å². The first-order valence-corrected chi connectivity index (χ1v) is 10.7. The first-order valence-electron chi connectivity index (χ1n) is 10.7. The first kappa shape index (κ1) is 22.6. The minimum atomic E-state index is -0.481. The van der Waals surface area contributed by atoms with Crippen molar-refractivity contribution in [3.05, 3.63) is 52.7 Å². The van der Waals surface area contributed by atoms with Crippen LogP contribution in [0.25, 0.3) is 0 Å². The molecule has 2 heterocycles. The Hall–Kier alpha value is -2.09. The maximum Gasteiger partial charge on any atom is 0.136 e. The number of aromatic nitrogens is 2. The van der Waals surface area contributed by atoms with Gasteiger partial charge in [0.05, 0.1) is 18.8 Å². The Morgan fingerprint density at radius 1 is 1.13 bits per heavy atom. The van der Waals surface area contributed by atoms with Gasteiger partial charge in [-0.15, -0.1) is 0 Å². The topological polar surface area (TPSA) is 61.7 Å². The maximum atomic E-state index is 13.7. The SMILES string of the molecule is Cc1nc(C)c(Cc2cccc(F)c2)c(N2CCN(CC(O)COC(C)C)CC2)n1. The Bertz CT molecular complexity index is 838. The highest BCUT2D eigenvalue weighted by Gasteiger charge is 2.23. The fourth-order valence-corrected chi connectivity index (χ4v) is 3.83. The van der Waals surface area contributed by atoms with Gasteiger partial charge in [0.2, 0.25) is 0 Å². The standard InChI is InChI=1S/C23H33FN4O2/c1-16(2)30-15-21(29)14-27-8-10-28(11-9-27)23-22(17(3)25-18(4)26-23)13-19-6-5-7-20(24)12-19/h5-7,12,16,21,29H,8-11,13-15H2,1-4H3. The van der Waals surface area contributed by atoms with Gasteiger partial charge in [-0.25, -0.2) is 14.4 Å². The van der Waals surface area contributed by atoms with Crippen molar-refractivity contribution < 1.29 is 14.2 Å². The number of hydrogen-bond acceptors (Lipinski definition) is 6. The molecule has 0 aliphatic carbocycles. The number of anilines is 1. The van der Waals surface area contributed by atoms with Crippen molar-refractivity contribution in [3.8, 4) is 0 Å². The molecule has 6 nitrogen and oxygen atoms in total. The van der Waals surface area contributed by atoms with Crippen molar-refractivity contribution in [3.63, 3.8) is 0 Å². The van der Waals surface area contributed by atoms with Crippen LogP contribution in [0.5, 0.6) is 0 Å². The zero-order valence-corrected chi connectivity index (χ0v) is 18.4. The quantitative estimate of drug-likeness (QED) is 0.714. The molecule has 1 aliphatic heterocycles. The molecule has 1 aromatic heterocycles. The highest BCUT2D eigenvalue weighted by molar-refractivity contribution is 5.51. The zero-order chi connectivity index (χ0) is 21.7. The Labute approximate surface area is 178 Å². The lowest BCUT2D eigenvalue weighted by Crippen LogP contribution is -2.49. The van der Waals surface area contributed by atoms with Crippen molar-refractivity contribution >= 4 is 5.82 Å². The third kappa shape index (κ3) is 6.20. The minimum Gasteiger partial charge on any atom is -0.389 e. The van der Waals surface area contributed by atoms with Gasteiger partial charge in [-0.05, 0) is 45.4 Å². The van der Waals surface area contributed by atoms with Crippen LogP contribution in [0, 0.1) is 19.7 Å². The Morgan fingerprint density at radius 3 is 2.53 bits per heavy atom. The molecule has 2 aromatic rings. The second-order valence-electron chi connectivity index (χ2n) is 8.29. The van der Waals surface area contributed by atoms with E-state index in [1.54, 1.807) is 12.1 Å². The summed E-state index contributed by atoms with van der Waals surface area (Å²) in [5.41, 5.74) is 2.90. The van der Waals surface area contributed by atoms with Crippen LogP contribution >= 0.6 is 0 Å². The summed E-state index contributed by atoms with van der Waals surface area (Å²) in [6, 6.07) is 6.71. The molecule has 0 amide bonds. The fraction of sp³-hybridized carbons (Fsp3) is 0.565. The van der Waals surface area contributed by atoms with E-state index in [9.17, 15) is 9.50 Å². The number of nitrogens with zero attached hydrogens (tertiary/aromatic N) is 4. The van der Waals surface area contributed by atoms with Crippen LogP contribution in [0.2, 0.25) is 0 Å². The Balaban J connectivity index is 1.68. The Kier molecular flexibility index (Phi) is 7.75. The van der Waals surface area contributed by atoms with Crippen molar-refractivity contribution in [1.29, 1.82) is 0 Å². The normalized spacial score (nSPS) is 16.3. The van der Waals surface area contributed by atoms with E-state index in [0.717, 1.165) is 54.6 Å². The highest BCUT2D eigenvalue weighted by Crippen LogP contribution is 2.25. The number of β-amino-alcohol motifs (C(OH)–C–C–N with tert-alkyl or cyclic N) is 1. The molecule has 1 fully saturated rings.